The fourth-order valence-corrected chi connectivity index (χ4v) is 2.08. The Bertz CT molecular complexity index is 696. The Morgan fingerprint density at radius 1 is 1.25 bits per heavy atom. The number of hydrogen-bond donors (Lipinski definition) is 2. The molecule has 2 rings (SSSR count). The number of aromatic hydroxyl groups is 1. The smallest absolute Gasteiger partial charge is 0.277 e. The molecule has 0 spiro atoms. The number of hydrogen-bond acceptors (Lipinski definition) is 4. The molecule has 0 fully saturated rings. The molecule has 1 unspecified atom stereocenters. The number of nitrogens with zero attached hydrogens (tertiary/aromatic N) is 1. The van der Waals surface area contributed by atoms with Crippen LogP contribution in [0.5, 0.6) is 11.5 Å². The zero-order chi connectivity index (χ0) is 17.4. The molecule has 0 saturated heterocycles. The Morgan fingerprint density at radius 3 is 2.62 bits per heavy atom. The first-order valence-corrected chi connectivity index (χ1v) is 7.92. The largest absolute Gasteiger partial charge is 0.507 e. The third-order valence-corrected chi connectivity index (χ3v) is 3.76. The fraction of sp³-hybridized carbons (Fsp3) is 0.263. The summed E-state index contributed by atoms with van der Waals surface area (Å²) in [6.07, 6.45) is 2.46. The number of nitrogens with one attached hydrogen (secondary N) is 1. The quantitative estimate of drug-likeness (QED) is 0.605. The molecule has 0 saturated carbocycles. The summed E-state index contributed by atoms with van der Waals surface area (Å²) >= 11 is 0. The summed E-state index contributed by atoms with van der Waals surface area (Å²) in [5.74, 6) is 0.883. The number of phenolic OH excluding ortho intramolecular Hbond substituents is 1. The SMILES string of the molecule is CCC(C)c1ccc(OCC(=O)NN=Cc2ccccc2O)cc1. The van der Waals surface area contributed by atoms with Crippen molar-refractivity contribution in [1.82, 2.24) is 5.43 Å². The third kappa shape index (κ3) is 5.12. The minimum atomic E-state index is -0.368. The molecular weight excluding hydrogens is 304 g/mol. The maximum atomic E-state index is 11.7. The monoisotopic (exact) mass is 326 g/mol. The highest BCUT2D eigenvalue weighted by molar-refractivity contribution is 5.85. The highest BCUT2D eigenvalue weighted by Crippen LogP contribution is 2.21. The van der Waals surface area contributed by atoms with Gasteiger partial charge in [0.25, 0.3) is 5.91 Å². The minimum absolute atomic E-state index is 0.105. The summed E-state index contributed by atoms with van der Waals surface area (Å²) in [6, 6.07) is 14.5. The van der Waals surface area contributed by atoms with E-state index in [1.54, 1.807) is 24.3 Å². The van der Waals surface area contributed by atoms with Gasteiger partial charge in [-0.2, -0.15) is 5.10 Å². The van der Waals surface area contributed by atoms with Crippen molar-refractivity contribution in [2.75, 3.05) is 6.61 Å². The standard InChI is InChI=1S/C19H22N2O3/c1-3-14(2)15-8-10-17(11-9-15)24-13-19(23)21-20-12-16-6-4-5-7-18(16)22/h4-12,14,22H,3,13H2,1-2H3,(H,21,23). The van der Waals surface area contributed by atoms with Crippen LogP contribution in [0, 0.1) is 0 Å². The summed E-state index contributed by atoms with van der Waals surface area (Å²) in [5.41, 5.74) is 4.14. The Balaban J connectivity index is 1.80. The van der Waals surface area contributed by atoms with Crippen molar-refractivity contribution in [3.05, 3.63) is 59.7 Å². The minimum Gasteiger partial charge on any atom is -0.507 e. The molecule has 0 aliphatic rings. The van der Waals surface area contributed by atoms with Crippen LogP contribution in [0.2, 0.25) is 0 Å². The molecule has 0 radical (unpaired) electrons. The van der Waals surface area contributed by atoms with Gasteiger partial charge in [-0.3, -0.25) is 4.79 Å². The van der Waals surface area contributed by atoms with Crippen molar-refractivity contribution in [2.24, 2.45) is 5.10 Å². The first-order valence-electron chi connectivity index (χ1n) is 7.92. The summed E-state index contributed by atoms with van der Waals surface area (Å²) in [7, 11) is 0. The summed E-state index contributed by atoms with van der Waals surface area (Å²) in [4.78, 5) is 11.7. The topological polar surface area (TPSA) is 70.9 Å². The van der Waals surface area contributed by atoms with E-state index in [0.717, 1.165) is 6.42 Å². The molecule has 2 aromatic carbocycles. The van der Waals surface area contributed by atoms with E-state index in [2.05, 4.69) is 24.4 Å². The lowest BCUT2D eigenvalue weighted by Gasteiger charge is -2.10. The van der Waals surface area contributed by atoms with Crippen LogP contribution < -0.4 is 10.2 Å². The van der Waals surface area contributed by atoms with E-state index in [0.29, 0.717) is 17.2 Å². The second-order valence-electron chi connectivity index (χ2n) is 5.52. The molecular formula is C19H22N2O3. The van der Waals surface area contributed by atoms with Gasteiger partial charge in [0.1, 0.15) is 11.5 Å². The lowest BCUT2D eigenvalue weighted by atomic mass is 9.99. The number of benzene rings is 2. The number of hydrazone groups is 1. The van der Waals surface area contributed by atoms with Crippen LogP contribution >= 0.6 is 0 Å². The average Bonchev–Trinajstić information content (AvgIpc) is 2.61. The molecule has 0 aliphatic carbocycles. The van der Waals surface area contributed by atoms with Crippen molar-refractivity contribution < 1.29 is 14.6 Å². The average molecular weight is 326 g/mol. The Hall–Kier alpha value is -2.82. The molecule has 24 heavy (non-hydrogen) atoms. The molecule has 1 amide bonds. The molecule has 0 aromatic heterocycles. The van der Waals surface area contributed by atoms with Crippen LogP contribution in [-0.2, 0) is 4.79 Å². The zero-order valence-electron chi connectivity index (χ0n) is 13.9. The lowest BCUT2D eigenvalue weighted by Crippen LogP contribution is -2.24. The predicted octanol–water partition coefficient (Wildman–Crippen LogP) is 3.43. The maximum Gasteiger partial charge on any atom is 0.277 e. The molecule has 2 N–H and O–H groups in total. The van der Waals surface area contributed by atoms with Crippen molar-refractivity contribution in [1.29, 1.82) is 0 Å². The number of para-hydroxylation sites is 1. The van der Waals surface area contributed by atoms with E-state index < -0.39 is 0 Å². The van der Waals surface area contributed by atoms with Gasteiger partial charge >= 0.3 is 0 Å². The second-order valence-corrected chi connectivity index (χ2v) is 5.52. The molecule has 0 bridgehead atoms. The molecule has 126 valence electrons. The number of carbonyl (C=O) groups excluding carboxylic acids is 1. The highest BCUT2D eigenvalue weighted by Gasteiger charge is 2.05. The van der Waals surface area contributed by atoms with E-state index in [4.69, 9.17) is 4.74 Å². The normalized spacial score (nSPS) is 12.1. The van der Waals surface area contributed by atoms with E-state index in [9.17, 15) is 9.90 Å². The van der Waals surface area contributed by atoms with E-state index >= 15 is 0 Å². The van der Waals surface area contributed by atoms with Gasteiger partial charge < -0.3 is 9.84 Å². The van der Waals surface area contributed by atoms with Gasteiger partial charge in [0.15, 0.2) is 6.61 Å². The van der Waals surface area contributed by atoms with Crippen LogP contribution in [0.25, 0.3) is 0 Å². The van der Waals surface area contributed by atoms with Crippen LogP contribution in [-0.4, -0.2) is 23.8 Å². The van der Waals surface area contributed by atoms with E-state index in [1.807, 2.05) is 24.3 Å². The number of rotatable bonds is 7. The van der Waals surface area contributed by atoms with Crippen LogP contribution in [0.3, 0.4) is 0 Å². The van der Waals surface area contributed by atoms with Gasteiger partial charge in [-0.05, 0) is 42.2 Å². The van der Waals surface area contributed by atoms with E-state index in [-0.39, 0.29) is 18.3 Å². The number of phenols is 1. The van der Waals surface area contributed by atoms with Crippen molar-refractivity contribution in [3.63, 3.8) is 0 Å². The van der Waals surface area contributed by atoms with Gasteiger partial charge in [-0.25, -0.2) is 5.43 Å². The van der Waals surface area contributed by atoms with Crippen LogP contribution in [0.4, 0.5) is 0 Å². The maximum absolute atomic E-state index is 11.7. The molecule has 5 nitrogen and oxygen atoms in total. The number of ether oxygens (including phenoxy) is 1. The summed E-state index contributed by atoms with van der Waals surface area (Å²) < 4.78 is 5.43. The third-order valence-electron chi connectivity index (χ3n) is 3.76. The number of carbonyl (C=O) groups is 1. The van der Waals surface area contributed by atoms with Gasteiger partial charge in [0, 0.05) is 5.56 Å². The summed E-state index contributed by atoms with van der Waals surface area (Å²) in [5, 5.41) is 13.4. The molecule has 0 aliphatic heterocycles. The van der Waals surface area contributed by atoms with E-state index in [1.165, 1.54) is 11.8 Å². The first-order chi connectivity index (χ1) is 11.6. The lowest BCUT2D eigenvalue weighted by molar-refractivity contribution is -0.123. The molecule has 5 heteroatoms. The van der Waals surface area contributed by atoms with Crippen molar-refractivity contribution in [2.45, 2.75) is 26.2 Å². The fourth-order valence-electron chi connectivity index (χ4n) is 2.08. The highest BCUT2D eigenvalue weighted by atomic mass is 16.5. The predicted molar refractivity (Wildman–Crippen MR) is 94.5 cm³/mol. The van der Waals surface area contributed by atoms with Crippen molar-refractivity contribution in [3.8, 4) is 11.5 Å². The Kier molecular flexibility index (Phi) is 6.37. The number of amides is 1. The van der Waals surface area contributed by atoms with Gasteiger partial charge in [0.05, 0.1) is 6.21 Å². The van der Waals surface area contributed by atoms with Gasteiger partial charge in [0.2, 0.25) is 0 Å². The first kappa shape index (κ1) is 17.5. The van der Waals surface area contributed by atoms with Crippen molar-refractivity contribution >= 4 is 12.1 Å². The van der Waals surface area contributed by atoms with Gasteiger partial charge in [-0.15, -0.1) is 0 Å². The van der Waals surface area contributed by atoms with Gasteiger partial charge in [-0.1, -0.05) is 38.1 Å². The molecule has 1 atom stereocenters. The molecule has 0 heterocycles. The van der Waals surface area contributed by atoms with Crippen LogP contribution in [0.15, 0.2) is 53.6 Å². The Morgan fingerprint density at radius 2 is 1.96 bits per heavy atom. The zero-order valence-corrected chi connectivity index (χ0v) is 13.9. The Labute approximate surface area is 142 Å². The second kappa shape index (κ2) is 8.72. The molecule has 2 aromatic rings. The summed E-state index contributed by atoms with van der Waals surface area (Å²) in [6.45, 7) is 4.20. The van der Waals surface area contributed by atoms with Crippen LogP contribution in [0.1, 0.15) is 37.3 Å².